The number of thioether (sulfide) groups is 1. The first kappa shape index (κ1) is 17.8. The highest BCUT2D eigenvalue weighted by Crippen LogP contribution is 2.43. The molecule has 1 saturated heterocycles. The zero-order valence-electron chi connectivity index (χ0n) is 13.8. The molecule has 3 rings (SSSR count). The van der Waals surface area contributed by atoms with Gasteiger partial charge in [0, 0.05) is 16.7 Å². The molecule has 1 aliphatic heterocycles. The number of benzene rings is 1. The summed E-state index contributed by atoms with van der Waals surface area (Å²) in [6.45, 7) is 2.09. The number of thiophene rings is 1. The van der Waals surface area contributed by atoms with Gasteiger partial charge < -0.3 is 9.64 Å². The molecule has 2 atom stereocenters. The minimum absolute atomic E-state index is 0.151. The van der Waals surface area contributed by atoms with E-state index in [1.807, 2.05) is 47.8 Å². The lowest BCUT2D eigenvalue weighted by atomic mass is 10.2. The smallest absolute Gasteiger partial charge is 0.329 e. The second-order valence-corrected chi connectivity index (χ2v) is 7.55. The second-order valence-electron chi connectivity index (χ2n) is 5.46. The second kappa shape index (κ2) is 8.36. The van der Waals surface area contributed by atoms with Crippen molar-refractivity contribution in [2.75, 3.05) is 12.4 Å². The summed E-state index contributed by atoms with van der Waals surface area (Å²) >= 11 is 3.19. The molecule has 0 spiro atoms. The van der Waals surface area contributed by atoms with E-state index in [0.717, 1.165) is 10.4 Å². The standard InChI is InChI=1S/C19H19NO3S2/c1-2-23-19(22)15-13-25-18(16-9-6-12-24-16)20(15)17(21)11-10-14-7-4-3-5-8-14/h3-12,15,18H,2,13H2,1H3/b11-10+. The number of carbonyl (C=O) groups is 2. The number of hydrogen-bond acceptors (Lipinski definition) is 5. The first-order valence-corrected chi connectivity index (χ1v) is 10.0. The predicted molar refractivity (Wildman–Crippen MR) is 102 cm³/mol. The molecule has 1 amide bonds. The van der Waals surface area contributed by atoms with Crippen LogP contribution in [0.25, 0.3) is 6.08 Å². The third-order valence-corrected chi connectivity index (χ3v) is 6.20. The molecule has 0 bridgehead atoms. The lowest BCUT2D eigenvalue weighted by Crippen LogP contribution is -2.43. The molecule has 0 aliphatic carbocycles. The fourth-order valence-electron chi connectivity index (χ4n) is 2.66. The highest BCUT2D eigenvalue weighted by atomic mass is 32.2. The Kier molecular flexibility index (Phi) is 5.94. The van der Waals surface area contributed by atoms with Crippen LogP contribution >= 0.6 is 23.1 Å². The van der Waals surface area contributed by atoms with Crippen molar-refractivity contribution in [3.63, 3.8) is 0 Å². The number of ether oxygens (including phenoxy) is 1. The van der Waals surface area contributed by atoms with Gasteiger partial charge in [0.05, 0.1) is 6.61 Å². The Morgan fingerprint density at radius 3 is 2.72 bits per heavy atom. The number of amides is 1. The molecule has 1 aromatic heterocycles. The molecule has 1 aromatic carbocycles. The normalized spacial score (nSPS) is 20.1. The molecular formula is C19H19NO3S2. The Morgan fingerprint density at radius 2 is 2.04 bits per heavy atom. The summed E-state index contributed by atoms with van der Waals surface area (Å²) in [5, 5.41) is 1.83. The first-order valence-electron chi connectivity index (χ1n) is 8.07. The molecule has 130 valence electrons. The van der Waals surface area contributed by atoms with Crippen molar-refractivity contribution in [1.82, 2.24) is 4.90 Å². The Bertz CT molecular complexity index is 743. The lowest BCUT2D eigenvalue weighted by molar-refractivity contribution is -0.152. The first-order chi connectivity index (χ1) is 12.2. The van der Waals surface area contributed by atoms with Gasteiger partial charge in [0.25, 0.3) is 0 Å². The van der Waals surface area contributed by atoms with Gasteiger partial charge in [-0.05, 0) is 30.0 Å². The molecule has 0 saturated carbocycles. The number of carbonyl (C=O) groups excluding carboxylic acids is 2. The van der Waals surface area contributed by atoms with E-state index in [2.05, 4.69) is 0 Å². The number of nitrogens with zero attached hydrogens (tertiary/aromatic N) is 1. The van der Waals surface area contributed by atoms with E-state index in [1.54, 1.807) is 41.0 Å². The maximum absolute atomic E-state index is 12.9. The quantitative estimate of drug-likeness (QED) is 0.588. The molecule has 0 radical (unpaired) electrons. The van der Waals surface area contributed by atoms with Crippen LogP contribution in [0.5, 0.6) is 0 Å². The zero-order chi connectivity index (χ0) is 17.6. The molecule has 4 nitrogen and oxygen atoms in total. The highest BCUT2D eigenvalue weighted by Gasteiger charge is 2.42. The average molecular weight is 373 g/mol. The molecule has 0 N–H and O–H groups in total. The van der Waals surface area contributed by atoms with Gasteiger partial charge in [-0.2, -0.15) is 0 Å². The van der Waals surface area contributed by atoms with Gasteiger partial charge in [-0.15, -0.1) is 23.1 Å². The van der Waals surface area contributed by atoms with Crippen molar-refractivity contribution in [3.8, 4) is 0 Å². The van der Waals surface area contributed by atoms with Gasteiger partial charge in [-0.1, -0.05) is 36.4 Å². The summed E-state index contributed by atoms with van der Waals surface area (Å²) in [4.78, 5) is 27.9. The minimum atomic E-state index is -0.551. The van der Waals surface area contributed by atoms with Crippen molar-refractivity contribution < 1.29 is 14.3 Å². The summed E-state index contributed by atoms with van der Waals surface area (Å²) < 4.78 is 5.17. The van der Waals surface area contributed by atoms with Gasteiger partial charge >= 0.3 is 5.97 Å². The summed E-state index contributed by atoms with van der Waals surface area (Å²) in [5.74, 6) is 0.0348. The van der Waals surface area contributed by atoms with E-state index in [0.29, 0.717) is 12.4 Å². The van der Waals surface area contributed by atoms with Crippen molar-refractivity contribution >= 4 is 41.1 Å². The Balaban J connectivity index is 1.84. The summed E-state index contributed by atoms with van der Waals surface area (Å²) in [6.07, 6.45) is 3.31. The summed E-state index contributed by atoms with van der Waals surface area (Å²) in [6, 6.07) is 13.0. The van der Waals surface area contributed by atoms with Gasteiger partial charge in [0.2, 0.25) is 5.91 Å². The van der Waals surface area contributed by atoms with Crippen molar-refractivity contribution in [3.05, 3.63) is 64.4 Å². The van der Waals surface area contributed by atoms with Gasteiger partial charge in [-0.3, -0.25) is 4.79 Å². The van der Waals surface area contributed by atoms with E-state index in [-0.39, 0.29) is 17.3 Å². The predicted octanol–water partition coefficient (Wildman–Crippen LogP) is 3.97. The fraction of sp³-hybridized carbons (Fsp3) is 0.263. The molecule has 6 heteroatoms. The van der Waals surface area contributed by atoms with Crippen molar-refractivity contribution in [1.29, 1.82) is 0 Å². The average Bonchev–Trinajstić information content (AvgIpc) is 3.29. The molecule has 2 aromatic rings. The SMILES string of the molecule is CCOC(=O)C1CSC(c2cccs2)N1C(=O)/C=C/c1ccccc1. The summed E-state index contributed by atoms with van der Waals surface area (Å²) in [7, 11) is 0. The van der Waals surface area contributed by atoms with Gasteiger partial charge in [0.1, 0.15) is 11.4 Å². The fourth-order valence-corrected chi connectivity index (χ4v) is 5.05. The van der Waals surface area contributed by atoms with E-state index in [1.165, 1.54) is 6.08 Å². The Morgan fingerprint density at radius 1 is 1.24 bits per heavy atom. The van der Waals surface area contributed by atoms with Crippen LogP contribution in [0.3, 0.4) is 0 Å². The molecular weight excluding hydrogens is 354 g/mol. The number of esters is 1. The maximum atomic E-state index is 12.9. The van der Waals surface area contributed by atoms with E-state index >= 15 is 0 Å². The van der Waals surface area contributed by atoms with Gasteiger partial charge in [0.15, 0.2) is 0 Å². The maximum Gasteiger partial charge on any atom is 0.329 e. The number of hydrogen-bond donors (Lipinski definition) is 0. The largest absolute Gasteiger partial charge is 0.464 e. The summed E-state index contributed by atoms with van der Waals surface area (Å²) in [5.41, 5.74) is 0.947. The minimum Gasteiger partial charge on any atom is -0.464 e. The van der Waals surface area contributed by atoms with Crippen LogP contribution in [0.4, 0.5) is 0 Å². The topological polar surface area (TPSA) is 46.6 Å². The molecule has 2 unspecified atom stereocenters. The van der Waals surface area contributed by atoms with Crippen LogP contribution in [0, 0.1) is 0 Å². The van der Waals surface area contributed by atoms with Crippen molar-refractivity contribution in [2.24, 2.45) is 0 Å². The molecule has 25 heavy (non-hydrogen) atoms. The van der Waals surface area contributed by atoms with Gasteiger partial charge in [-0.25, -0.2) is 4.79 Å². The van der Waals surface area contributed by atoms with Crippen molar-refractivity contribution in [2.45, 2.75) is 18.3 Å². The van der Waals surface area contributed by atoms with Crippen LogP contribution in [0.1, 0.15) is 22.7 Å². The third-order valence-electron chi connectivity index (χ3n) is 3.82. The van der Waals surface area contributed by atoms with Crippen LogP contribution in [0.2, 0.25) is 0 Å². The molecule has 2 heterocycles. The molecule has 1 aliphatic rings. The molecule has 1 fully saturated rings. The zero-order valence-corrected chi connectivity index (χ0v) is 15.5. The monoisotopic (exact) mass is 373 g/mol. The number of rotatable bonds is 5. The highest BCUT2D eigenvalue weighted by molar-refractivity contribution is 7.99. The van der Waals surface area contributed by atoms with E-state index in [4.69, 9.17) is 4.74 Å². The lowest BCUT2D eigenvalue weighted by Gasteiger charge is -2.26. The van der Waals surface area contributed by atoms with Crippen LogP contribution in [-0.4, -0.2) is 35.2 Å². The third kappa shape index (κ3) is 4.14. The van der Waals surface area contributed by atoms with E-state index < -0.39 is 6.04 Å². The van der Waals surface area contributed by atoms with Crippen LogP contribution in [0.15, 0.2) is 53.9 Å². The van der Waals surface area contributed by atoms with Crippen LogP contribution in [-0.2, 0) is 14.3 Å². The van der Waals surface area contributed by atoms with E-state index in [9.17, 15) is 9.59 Å². The Labute approximate surface area is 155 Å². The van der Waals surface area contributed by atoms with Crippen LogP contribution < -0.4 is 0 Å². The Hall–Kier alpha value is -2.05.